The van der Waals surface area contributed by atoms with Crippen LogP contribution in [0.15, 0.2) is 48.5 Å². The summed E-state index contributed by atoms with van der Waals surface area (Å²) in [5.41, 5.74) is 2.09. The fraction of sp³-hybridized carbons (Fsp3) is 0.250. The van der Waals surface area contributed by atoms with Crippen LogP contribution in [0.4, 0.5) is 5.69 Å². The minimum atomic E-state index is -0.288. The average molecular weight is 369 g/mol. The number of amides is 3. The van der Waals surface area contributed by atoms with Gasteiger partial charge in [-0.3, -0.25) is 14.4 Å². The molecule has 0 heterocycles. The molecule has 142 valence electrons. The molecule has 7 nitrogen and oxygen atoms in total. The van der Waals surface area contributed by atoms with Crippen LogP contribution in [0.25, 0.3) is 0 Å². The van der Waals surface area contributed by atoms with Gasteiger partial charge in [0.05, 0.1) is 0 Å². The summed E-state index contributed by atoms with van der Waals surface area (Å²) in [4.78, 5) is 34.7. The number of hydrogen-bond donors (Lipinski definition) is 3. The molecule has 0 saturated heterocycles. The van der Waals surface area contributed by atoms with Gasteiger partial charge >= 0.3 is 0 Å². The van der Waals surface area contributed by atoms with Crippen molar-refractivity contribution in [1.82, 2.24) is 10.6 Å². The van der Waals surface area contributed by atoms with E-state index in [1.165, 1.54) is 6.92 Å². The highest BCUT2D eigenvalue weighted by atomic mass is 16.5. The molecule has 0 radical (unpaired) electrons. The van der Waals surface area contributed by atoms with Crippen molar-refractivity contribution in [2.75, 3.05) is 25.0 Å². The molecular formula is C20H23N3O4. The van der Waals surface area contributed by atoms with E-state index in [0.717, 1.165) is 5.56 Å². The number of aryl methyl sites for hydroxylation is 1. The predicted octanol–water partition coefficient (Wildman–Crippen LogP) is 1.88. The molecule has 0 fully saturated rings. The summed E-state index contributed by atoms with van der Waals surface area (Å²) >= 11 is 0. The van der Waals surface area contributed by atoms with Gasteiger partial charge in [-0.25, -0.2) is 0 Å². The smallest absolute Gasteiger partial charge is 0.262 e. The van der Waals surface area contributed by atoms with Gasteiger partial charge in [-0.15, -0.1) is 0 Å². The molecule has 2 rings (SSSR count). The van der Waals surface area contributed by atoms with Gasteiger partial charge < -0.3 is 20.7 Å². The first-order valence-electron chi connectivity index (χ1n) is 8.56. The summed E-state index contributed by atoms with van der Waals surface area (Å²) in [6, 6.07) is 14.0. The molecule has 0 aromatic heterocycles. The van der Waals surface area contributed by atoms with Crippen molar-refractivity contribution in [3.8, 4) is 5.75 Å². The van der Waals surface area contributed by atoms with Crippen molar-refractivity contribution in [3.63, 3.8) is 0 Å². The Bertz CT molecular complexity index is 803. The first kappa shape index (κ1) is 20.0. The summed E-state index contributed by atoms with van der Waals surface area (Å²) < 4.78 is 5.45. The maximum atomic E-state index is 12.0. The standard InChI is InChI=1S/C20H23N3O4/c1-14-4-3-5-18(12-14)27-13-19(25)23-17-8-6-16(7-9-17)20(26)22-11-10-21-15(2)24/h3-9,12H,10-11,13H2,1-2H3,(H,21,24)(H,22,26)(H,23,25). The molecule has 7 heteroatoms. The Morgan fingerprint density at radius 1 is 0.963 bits per heavy atom. The fourth-order valence-electron chi connectivity index (χ4n) is 2.27. The van der Waals surface area contributed by atoms with Gasteiger partial charge in [-0.05, 0) is 48.9 Å². The first-order chi connectivity index (χ1) is 12.9. The number of ether oxygens (including phenoxy) is 1. The van der Waals surface area contributed by atoms with E-state index >= 15 is 0 Å². The number of carbonyl (C=O) groups is 3. The Labute approximate surface area is 158 Å². The van der Waals surface area contributed by atoms with Gasteiger partial charge in [0, 0.05) is 31.3 Å². The largest absolute Gasteiger partial charge is 0.484 e. The van der Waals surface area contributed by atoms with Crippen molar-refractivity contribution in [2.45, 2.75) is 13.8 Å². The van der Waals surface area contributed by atoms with Crippen LogP contribution in [0.2, 0.25) is 0 Å². The van der Waals surface area contributed by atoms with Gasteiger partial charge in [0.2, 0.25) is 5.91 Å². The molecule has 27 heavy (non-hydrogen) atoms. The molecule has 3 N–H and O–H groups in total. The topological polar surface area (TPSA) is 96.5 Å². The molecule has 2 aromatic rings. The van der Waals surface area contributed by atoms with Crippen LogP contribution in [-0.4, -0.2) is 37.4 Å². The van der Waals surface area contributed by atoms with Crippen LogP contribution in [0.5, 0.6) is 5.75 Å². The van der Waals surface area contributed by atoms with Gasteiger partial charge in [-0.1, -0.05) is 12.1 Å². The van der Waals surface area contributed by atoms with Gasteiger partial charge in [0.15, 0.2) is 6.61 Å². The Hall–Kier alpha value is -3.35. The fourth-order valence-corrected chi connectivity index (χ4v) is 2.27. The number of rotatable bonds is 8. The second kappa shape index (κ2) is 9.96. The lowest BCUT2D eigenvalue weighted by molar-refractivity contribution is -0.119. The molecule has 0 spiro atoms. The first-order valence-corrected chi connectivity index (χ1v) is 8.56. The van der Waals surface area contributed by atoms with E-state index in [4.69, 9.17) is 4.74 Å². The Morgan fingerprint density at radius 3 is 2.33 bits per heavy atom. The van der Waals surface area contributed by atoms with E-state index in [1.54, 1.807) is 30.3 Å². The normalized spacial score (nSPS) is 10.0. The summed E-state index contributed by atoms with van der Waals surface area (Å²) in [5, 5.41) is 8.01. The highest BCUT2D eigenvalue weighted by molar-refractivity contribution is 5.96. The molecule has 0 aliphatic carbocycles. The van der Waals surface area contributed by atoms with Crippen LogP contribution < -0.4 is 20.7 Å². The minimum Gasteiger partial charge on any atom is -0.484 e. The molecule has 0 unspecified atom stereocenters. The number of anilines is 1. The van der Waals surface area contributed by atoms with Gasteiger partial charge in [0.25, 0.3) is 11.8 Å². The summed E-state index contributed by atoms with van der Waals surface area (Å²) in [6.07, 6.45) is 0. The second-order valence-corrected chi connectivity index (χ2v) is 5.97. The van der Waals surface area contributed by atoms with Crippen molar-refractivity contribution in [3.05, 3.63) is 59.7 Å². The third-order valence-corrected chi connectivity index (χ3v) is 3.57. The van der Waals surface area contributed by atoms with E-state index in [-0.39, 0.29) is 24.3 Å². The predicted molar refractivity (Wildman–Crippen MR) is 103 cm³/mol. The zero-order valence-corrected chi connectivity index (χ0v) is 15.4. The van der Waals surface area contributed by atoms with Crippen LogP contribution in [0, 0.1) is 6.92 Å². The zero-order valence-electron chi connectivity index (χ0n) is 15.4. The van der Waals surface area contributed by atoms with Gasteiger partial charge in [-0.2, -0.15) is 0 Å². The summed E-state index contributed by atoms with van der Waals surface area (Å²) in [6.45, 7) is 3.98. The highest BCUT2D eigenvalue weighted by Crippen LogP contribution is 2.13. The quantitative estimate of drug-likeness (QED) is 0.619. The summed E-state index contributed by atoms with van der Waals surface area (Å²) in [5.74, 6) is -0.0443. The van der Waals surface area contributed by atoms with E-state index in [9.17, 15) is 14.4 Å². The van der Waals surface area contributed by atoms with E-state index in [1.807, 2.05) is 25.1 Å². The lowest BCUT2D eigenvalue weighted by atomic mass is 10.2. The van der Waals surface area contributed by atoms with Crippen molar-refractivity contribution in [2.24, 2.45) is 0 Å². The highest BCUT2D eigenvalue weighted by Gasteiger charge is 2.07. The zero-order chi connectivity index (χ0) is 19.6. The third kappa shape index (κ3) is 7.19. The number of benzene rings is 2. The Morgan fingerprint density at radius 2 is 1.67 bits per heavy atom. The van der Waals surface area contributed by atoms with Gasteiger partial charge in [0.1, 0.15) is 5.75 Å². The Kier molecular flexibility index (Phi) is 7.37. The second-order valence-electron chi connectivity index (χ2n) is 5.97. The molecule has 0 bridgehead atoms. The van der Waals surface area contributed by atoms with Crippen molar-refractivity contribution in [1.29, 1.82) is 0 Å². The van der Waals surface area contributed by atoms with Crippen LogP contribution >= 0.6 is 0 Å². The van der Waals surface area contributed by atoms with Crippen molar-refractivity contribution >= 4 is 23.4 Å². The average Bonchev–Trinajstić information content (AvgIpc) is 2.64. The van der Waals surface area contributed by atoms with Crippen LogP contribution in [-0.2, 0) is 9.59 Å². The maximum absolute atomic E-state index is 12.0. The number of nitrogens with one attached hydrogen (secondary N) is 3. The number of carbonyl (C=O) groups excluding carboxylic acids is 3. The van der Waals surface area contributed by atoms with Crippen LogP contribution in [0.1, 0.15) is 22.8 Å². The van der Waals surface area contributed by atoms with Crippen molar-refractivity contribution < 1.29 is 19.1 Å². The maximum Gasteiger partial charge on any atom is 0.262 e. The minimum absolute atomic E-state index is 0.102. The molecule has 0 aliphatic rings. The SMILES string of the molecule is CC(=O)NCCNC(=O)c1ccc(NC(=O)COc2cccc(C)c2)cc1. The molecule has 0 aliphatic heterocycles. The van der Waals surface area contributed by atoms with E-state index in [2.05, 4.69) is 16.0 Å². The monoisotopic (exact) mass is 369 g/mol. The Balaban J connectivity index is 1.78. The summed E-state index contributed by atoms with van der Waals surface area (Å²) in [7, 11) is 0. The lowest BCUT2D eigenvalue weighted by Crippen LogP contribution is -2.33. The lowest BCUT2D eigenvalue weighted by Gasteiger charge is -2.09. The third-order valence-electron chi connectivity index (χ3n) is 3.57. The molecule has 2 aromatic carbocycles. The molecule has 0 saturated carbocycles. The number of hydrogen-bond acceptors (Lipinski definition) is 4. The molecule has 3 amide bonds. The molecular weight excluding hydrogens is 346 g/mol. The molecule has 0 atom stereocenters. The van der Waals surface area contributed by atoms with E-state index < -0.39 is 0 Å². The van der Waals surface area contributed by atoms with E-state index in [0.29, 0.717) is 30.1 Å². The van der Waals surface area contributed by atoms with Crippen LogP contribution in [0.3, 0.4) is 0 Å².